The predicted octanol–water partition coefficient (Wildman–Crippen LogP) is 4.00. The molecule has 8 heteroatoms. The second-order valence-electron chi connectivity index (χ2n) is 8.04. The van der Waals surface area contributed by atoms with Gasteiger partial charge in [-0.25, -0.2) is 13.2 Å². The van der Waals surface area contributed by atoms with Crippen molar-refractivity contribution in [1.82, 2.24) is 4.31 Å². The van der Waals surface area contributed by atoms with Crippen LogP contribution in [0.5, 0.6) is 5.75 Å². The Hall–Kier alpha value is -3.49. The van der Waals surface area contributed by atoms with Crippen LogP contribution in [-0.4, -0.2) is 38.1 Å². The largest absolute Gasteiger partial charge is 0.496 e. The van der Waals surface area contributed by atoms with E-state index in [0.717, 1.165) is 11.1 Å². The highest BCUT2D eigenvalue weighted by Gasteiger charge is 2.28. The van der Waals surface area contributed by atoms with Gasteiger partial charge in [0.15, 0.2) is 5.78 Å². The maximum atomic E-state index is 13.1. The number of nitrogens with zero attached hydrogens (tertiary/aromatic N) is 1. The lowest BCUT2D eigenvalue weighted by Gasteiger charge is -2.28. The molecule has 0 radical (unpaired) electrons. The lowest BCUT2D eigenvalue weighted by molar-refractivity contribution is 0.0470. The molecule has 0 fully saturated rings. The van der Waals surface area contributed by atoms with Gasteiger partial charge in [0.1, 0.15) is 12.4 Å². The van der Waals surface area contributed by atoms with Crippen molar-refractivity contribution in [2.45, 2.75) is 31.4 Å². The first-order valence-corrected chi connectivity index (χ1v) is 12.3. The number of rotatable bonds is 7. The van der Waals surface area contributed by atoms with Gasteiger partial charge in [-0.1, -0.05) is 24.3 Å². The molecule has 7 nitrogen and oxygen atoms in total. The molecule has 176 valence electrons. The van der Waals surface area contributed by atoms with E-state index in [0.29, 0.717) is 36.4 Å². The van der Waals surface area contributed by atoms with Crippen LogP contribution in [0.1, 0.15) is 44.3 Å². The number of benzene rings is 3. The van der Waals surface area contributed by atoms with Gasteiger partial charge in [-0.2, -0.15) is 4.31 Å². The summed E-state index contributed by atoms with van der Waals surface area (Å²) >= 11 is 0. The normalized spacial score (nSPS) is 13.7. The summed E-state index contributed by atoms with van der Waals surface area (Å²) in [7, 11) is -2.20. The Bertz CT molecular complexity index is 1330. The smallest absolute Gasteiger partial charge is 0.338 e. The fourth-order valence-corrected chi connectivity index (χ4v) is 5.34. The van der Waals surface area contributed by atoms with Gasteiger partial charge in [0.25, 0.3) is 0 Å². The van der Waals surface area contributed by atoms with Crippen molar-refractivity contribution in [3.05, 3.63) is 94.5 Å². The molecule has 0 spiro atoms. The van der Waals surface area contributed by atoms with Crippen LogP contribution in [0.4, 0.5) is 0 Å². The van der Waals surface area contributed by atoms with Crippen molar-refractivity contribution in [2.75, 3.05) is 13.7 Å². The van der Waals surface area contributed by atoms with Crippen LogP contribution in [0.15, 0.2) is 71.6 Å². The molecule has 0 bridgehead atoms. The molecule has 34 heavy (non-hydrogen) atoms. The third-order valence-electron chi connectivity index (χ3n) is 5.87. The third-order valence-corrected chi connectivity index (χ3v) is 7.73. The van der Waals surface area contributed by atoms with E-state index in [1.54, 1.807) is 18.2 Å². The molecule has 4 rings (SSSR count). The number of methoxy groups -OCH3 is 1. The second-order valence-corrected chi connectivity index (χ2v) is 9.98. The molecule has 0 saturated carbocycles. The lowest BCUT2D eigenvalue weighted by atomic mass is 10.0. The van der Waals surface area contributed by atoms with Crippen LogP contribution in [-0.2, 0) is 34.3 Å². The molecular formula is C26H25NO6S. The zero-order valence-corrected chi connectivity index (χ0v) is 19.8. The molecule has 1 heterocycles. The van der Waals surface area contributed by atoms with Gasteiger partial charge >= 0.3 is 5.97 Å². The van der Waals surface area contributed by atoms with E-state index in [1.807, 2.05) is 24.3 Å². The van der Waals surface area contributed by atoms with Gasteiger partial charge < -0.3 is 9.47 Å². The van der Waals surface area contributed by atoms with E-state index in [2.05, 4.69) is 0 Å². The zero-order chi connectivity index (χ0) is 24.3. The van der Waals surface area contributed by atoms with E-state index in [1.165, 1.54) is 42.6 Å². The minimum atomic E-state index is -3.69. The Labute approximate surface area is 199 Å². The SMILES string of the molecule is COc1ccc(C(C)=O)cc1COC(=O)c1ccc(S(=O)(=O)N2CCc3ccccc3C2)cc1. The Morgan fingerprint density at radius 2 is 1.62 bits per heavy atom. The number of sulfonamides is 1. The summed E-state index contributed by atoms with van der Waals surface area (Å²) in [5.41, 5.74) is 3.44. The van der Waals surface area contributed by atoms with Gasteiger partial charge in [-0.3, -0.25) is 4.79 Å². The maximum Gasteiger partial charge on any atom is 0.338 e. The van der Waals surface area contributed by atoms with Crippen molar-refractivity contribution in [3.63, 3.8) is 0 Å². The summed E-state index contributed by atoms with van der Waals surface area (Å²) < 4.78 is 38.3. The van der Waals surface area contributed by atoms with Crippen LogP contribution in [0.25, 0.3) is 0 Å². The number of carbonyl (C=O) groups is 2. The minimum absolute atomic E-state index is 0.0869. The number of ether oxygens (including phenoxy) is 2. The van der Waals surface area contributed by atoms with Crippen LogP contribution in [0.2, 0.25) is 0 Å². The van der Waals surface area contributed by atoms with E-state index >= 15 is 0 Å². The summed E-state index contributed by atoms with van der Waals surface area (Å²) in [6.07, 6.45) is 0.661. The summed E-state index contributed by atoms with van der Waals surface area (Å²) in [6.45, 7) is 2.10. The first kappa shape index (κ1) is 23.7. The molecule has 0 N–H and O–H groups in total. The molecule has 0 saturated heterocycles. The van der Waals surface area contributed by atoms with Crippen LogP contribution in [0.3, 0.4) is 0 Å². The fourth-order valence-electron chi connectivity index (χ4n) is 3.92. The summed E-state index contributed by atoms with van der Waals surface area (Å²) in [4.78, 5) is 24.3. The molecule has 0 unspecified atom stereocenters. The Morgan fingerprint density at radius 1 is 0.941 bits per heavy atom. The van der Waals surface area contributed by atoms with Crippen molar-refractivity contribution in [2.24, 2.45) is 0 Å². The maximum absolute atomic E-state index is 13.1. The molecule has 0 amide bonds. The van der Waals surface area contributed by atoms with Gasteiger partial charge in [0.05, 0.1) is 17.6 Å². The average molecular weight is 480 g/mol. The van der Waals surface area contributed by atoms with Crippen molar-refractivity contribution in [3.8, 4) is 5.75 Å². The van der Waals surface area contributed by atoms with Crippen LogP contribution in [0, 0.1) is 0 Å². The molecule has 1 aliphatic rings. The Balaban J connectivity index is 1.45. The number of hydrogen-bond acceptors (Lipinski definition) is 6. The summed E-state index contributed by atoms with van der Waals surface area (Å²) in [5.74, 6) is -0.210. The van der Waals surface area contributed by atoms with Crippen molar-refractivity contribution < 1.29 is 27.5 Å². The van der Waals surface area contributed by atoms with Crippen molar-refractivity contribution in [1.29, 1.82) is 0 Å². The molecule has 0 aromatic heterocycles. The standard InChI is InChI=1S/C26H25NO6S/c1-18(28)21-9-12-25(32-2)23(15-21)17-33-26(29)20-7-10-24(11-8-20)34(30,31)27-14-13-19-5-3-4-6-22(19)16-27/h3-12,15H,13-14,16-17H2,1-2H3. The Morgan fingerprint density at radius 3 is 2.29 bits per heavy atom. The summed E-state index contributed by atoms with van der Waals surface area (Å²) in [6, 6.07) is 18.5. The number of fused-ring (bicyclic) bond motifs is 1. The van der Waals surface area contributed by atoms with E-state index in [4.69, 9.17) is 9.47 Å². The van der Waals surface area contributed by atoms with Gasteiger partial charge in [-0.15, -0.1) is 0 Å². The van der Waals surface area contributed by atoms with Crippen molar-refractivity contribution >= 4 is 21.8 Å². The highest BCUT2D eigenvalue weighted by Crippen LogP contribution is 2.26. The molecular weight excluding hydrogens is 454 g/mol. The van der Waals surface area contributed by atoms with Gasteiger partial charge in [0, 0.05) is 24.2 Å². The zero-order valence-electron chi connectivity index (χ0n) is 19.0. The highest BCUT2D eigenvalue weighted by atomic mass is 32.2. The number of esters is 1. The van der Waals surface area contributed by atoms with Crippen LogP contribution >= 0.6 is 0 Å². The quantitative estimate of drug-likeness (QED) is 0.376. The van der Waals surface area contributed by atoms with E-state index in [-0.39, 0.29) is 22.8 Å². The minimum Gasteiger partial charge on any atom is -0.496 e. The molecule has 0 atom stereocenters. The van der Waals surface area contributed by atoms with Crippen LogP contribution < -0.4 is 4.74 Å². The Kier molecular flexibility index (Phi) is 6.81. The third kappa shape index (κ3) is 4.88. The average Bonchev–Trinajstić information content (AvgIpc) is 2.86. The molecule has 3 aromatic carbocycles. The van der Waals surface area contributed by atoms with E-state index in [9.17, 15) is 18.0 Å². The number of carbonyl (C=O) groups excluding carboxylic acids is 2. The van der Waals surface area contributed by atoms with Gasteiger partial charge in [-0.05, 0) is 66.9 Å². The molecule has 1 aliphatic heterocycles. The predicted molar refractivity (Wildman–Crippen MR) is 126 cm³/mol. The van der Waals surface area contributed by atoms with E-state index < -0.39 is 16.0 Å². The fraction of sp³-hybridized carbons (Fsp3) is 0.231. The molecule has 3 aromatic rings. The number of ketones is 1. The monoisotopic (exact) mass is 479 g/mol. The first-order chi connectivity index (χ1) is 16.3. The molecule has 0 aliphatic carbocycles. The number of Topliss-reactive ketones (excluding diaryl/α,β-unsaturated/α-hetero) is 1. The number of hydrogen-bond donors (Lipinski definition) is 0. The lowest BCUT2D eigenvalue weighted by Crippen LogP contribution is -2.35. The first-order valence-electron chi connectivity index (χ1n) is 10.8. The topological polar surface area (TPSA) is 90.0 Å². The highest BCUT2D eigenvalue weighted by molar-refractivity contribution is 7.89. The summed E-state index contributed by atoms with van der Waals surface area (Å²) in [5, 5.41) is 0. The van der Waals surface area contributed by atoms with Gasteiger partial charge in [0.2, 0.25) is 10.0 Å². The second kappa shape index (κ2) is 9.79.